The molecule has 1 N–H and O–H groups in total. The van der Waals surface area contributed by atoms with Crippen LogP contribution in [0.25, 0.3) is 0 Å². The molecule has 2 atom stereocenters. The first-order valence-corrected chi connectivity index (χ1v) is 13.5. The third-order valence-electron chi connectivity index (χ3n) is 2.07. The summed E-state index contributed by atoms with van der Waals surface area (Å²) >= 11 is -1.11. The van der Waals surface area contributed by atoms with Crippen molar-refractivity contribution in [2.24, 2.45) is 0 Å². The normalized spacial score (nSPS) is 35.8. The molecule has 2 unspecified atom stereocenters. The van der Waals surface area contributed by atoms with Crippen LogP contribution in [0.3, 0.4) is 0 Å². The van der Waals surface area contributed by atoms with Gasteiger partial charge in [0.05, 0.1) is 0 Å². The monoisotopic (exact) mass is 336 g/mol. The van der Waals surface area contributed by atoms with E-state index in [-0.39, 0.29) is 6.10 Å². The Labute approximate surface area is 71.7 Å². The third-order valence-corrected chi connectivity index (χ3v) is 10.8. The van der Waals surface area contributed by atoms with E-state index in [2.05, 4.69) is 0 Å². The fourth-order valence-corrected chi connectivity index (χ4v) is 7.96. The molecule has 0 aromatic heterocycles. The average Bonchev–Trinajstić information content (AvgIpc) is 1.89. The van der Waals surface area contributed by atoms with Gasteiger partial charge in [-0.15, -0.1) is 0 Å². The van der Waals surface area contributed by atoms with E-state index in [0.717, 1.165) is 6.42 Å². The van der Waals surface area contributed by atoms with Crippen molar-refractivity contribution in [3.05, 3.63) is 0 Å². The van der Waals surface area contributed by atoms with Crippen LogP contribution in [0, 0.1) is 0 Å². The molecule has 0 radical (unpaired) electrons. The molecule has 9 heavy (non-hydrogen) atoms. The zero-order chi connectivity index (χ0) is 6.69. The van der Waals surface area contributed by atoms with Gasteiger partial charge in [-0.3, -0.25) is 0 Å². The van der Waals surface area contributed by atoms with Gasteiger partial charge in [0, 0.05) is 0 Å². The predicted molar refractivity (Wildman–Crippen MR) is 34.1 cm³/mol. The Bertz CT molecular complexity index is 89.1. The number of hydrogen-bond donors (Lipinski definition) is 1. The number of hydrogen-bond acceptors (Lipinski definition) is 1. The molecule has 50 valence electrons. The van der Waals surface area contributed by atoms with Crippen LogP contribution in [0.5, 0.6) is 0 Å². The van der Waals surface area contributed by atoms with Crippen molar-refractivity contribution < 1.29 is 28.4 Å². The van der Waals surface area contributed by atoms with Gasteiger partial charge in [0.25, 0.3) is 0 Å². The Kier molecular flexibility index (Phi) is 3.81. The molecular formula is C6H11ClHgO. The summed E-state index contributed by atoms with van der Waals surface area (Å²) in [5, 5.41) is 9.34. The second kappa shape index (κ2) is 4.14. The standard InChI is InChI=1S/C6H11O.ClH.Hg/c7-6-4-2-1-3-5-6;;/h4,6-7H,1-3,5H2;1H;/q;;+1/p-1. The van der Waals surface area contributed by atoms with Gasteiger partial charge in [-0.05, 0) is 0 Å². The van der Waals surface area contributed by atoms with E-state index >= 15 is 0 Å². The third kappa shape index (κ3) is 2.36. The van der Waals surface area contributed by atoms with E-state index in [1.807, 2.05) is 0 Å². The summed E-state index contributed by atoms with van der Waals surface area (Å²) in [4.78, 5) is 0. The van der Waals surface area contributed by atoms with Crippen LogP contribution in [0.4, 0.5) is 0 Å². The van der Waals surface area contributed by atoms with Crippen molar-refractivity contribution >= 4 is 8.25 Å². The van der Waals surface area contributed by atoms with Crippen molar-refractivity contribution in [1.29, 1.82) is 0 Å². The molecule has 1 nitrogen and oxygen atoms in total. The van der Waals surface area contributed by atoms with E-state index < -0.39 is 23.3 Å². The fraction of sp³-hybridized carbons (Fsp3) is 1.00. The fourth-order valence-electron chi connectivity index (χ4n) is 1.37. The Balaban J connectivity index is 2.30. The Morgan fingerprint density at radius 3 is 2.44 bits per heavy atom. The summed E-state index contributed by atoms with van der Waals surface area (Å²) < 4.78 is 0.598. The van der Waals surface area contributed by atoms with Crippen LogP contribution in [0.2, 0.25) is 3.43 Å². The van der Waals surface area contributed by atoms with Crippen molar-refractivity contribution in [1.82, 2.24) is 0 Å². The maximum atomic E-state index is 9.34. The van der Waals surface area contributed by atoms with Crippen LogP contribution in [0.1, 0.15) is 25.7 Å². The molecule has 0 aliphatic heterocycles. The van der Waals surface area contributed by atoms with Crippen LogP contribution >= 0.6 is 8.25 Å². The molecular weight excluding hydrogens is 324 g/mol. The van der Waals surface area contributed by atoms with Crippen molar-refractivity contribution in [3.63, 3.8) is 0 Å². The molecule has 1 saturated carbocycles. The van der Waals surface area contributed by atoms with Crippen LogP contribution in [-0.4, -0.2) is 11.2 Å². The zero-order valence-electron chi connectivity index (χ0n) is 5.52. The van der Waals surface area contributed by atoms with E-state index in [4.69, 9.17) is 8.25 Å². The minimum absolute atomic E-state index is 0.0158. The molecule has 0 amide bonds. The molecule has 0 aromatic carbocycles. The molecule has 3 heteroatoms. The molecule has 0 spiro atoms. The Hall–Kier alpha value is 1.19. The van der Waals surface area contributed by atoms with Crippen LogP contribution in [0.15, 0.2) is 0 Å². The molecule has 1 rings (SSSR count). The first kappa shape index (κ1) is 8.28. The van der Waals surface area contributed by atoms with E-state index in [1.165, 1.54) is 19.3 Å². The van der Waals surface area contributed by atoms with Gasteiger partial charge in [0.2, 0.25) is 0 Å². The minimum atomic E-state index is -1.11. The first-order valence-electron chi connectivity index (χ1n) is 3.58. The van der Waals surface area contributed by atoms with Crippen LogP contribution in [-0.2, 0) is 23.3 Å². The first-order chi connectivity index (χ1) is 4.34. The maximum absolute atomic E-state index is 9.34. The van der Waals surface area contributed by atoms with E-state index in [9.17, 15) is 5.11 Å². The summed E-state index contributed by atoms with van der Waals surface area (Å²) in [6.07, 6.45) is 4.72. The second-order valence-corrected chi connectivity index (χ2v) is 10.8. The molecule has 0 heterocycles. The van der Waals surface area contributed by atoms with Gasteiger partial charge >= 0.3 is 71.9 Å². The molecule has 1 aliphatic carbocycles. The topological polar surface area (TPSA) is 20.2 Å². The zero-order valence-corrected chi connectivity index (χ0v) is 11.8. The van der Waals surface area contributed by atoms with Crippen molar-refractivity contribution in [3.8, 4) is 0 Å². The van der Waals surface area contributed by atoms with Gasteiger partial charge in [0.1, 0.15) is 0 Å². The van der Waals surface area contributed by atoms with Gasteiger partial charge in [-0.25, -0.2) is 0 Å². The Morgan fingerprint density at radius 2 is 2.00 bits per heavy atom. The molecule has 1 aliphatic rings. The summed E-state index contributed by atoms with van der Waals surface area (Å²) in [7, 11) is 5.84. The molecule has 0 bridgehead atoms. The molecule has 0 saturated heterocycles. The SMILES string of the molecule is OC1CCCC[CH]1[Hg][Cl]. The van der Waals surface area contributed by atoms with Gasteiger partial charge < -0.3 is 0 Å². The van der Waals surface area contributed by atoms with Gasteiger partial charge in [-0.1, -0.05) is 0 Å². The van der Waals surface area contributed by atoms with Crippen molar-refractivity contribution in [2.75, 3.05) is 0 Å². The van der Waals surface area contributed by atoms with E-state index in [0.29, 0.717) is 3.43 Å². The van der Waals surface area contributed by atoms with Gasteiger partial charge in [-0.2, -0.15) is 0 Å². The summed E-state index contributed by atoms with van der Waals surface area (Å²) in [5.41, 5.74) is 0. The van der Waals surface area contributed by atoms with Crippen LogP contribution < -0.4 is 0 Å². The number of rotatable bonds is 1. The summed E-state index contributed by atoms with van der Waals surface area (Å²) in [5.74, 6) is 0. The van der Waals surface area contributed by atoms with Crippen molar-refractivity contribution in [2.45, 2.75) is 35.2 Å². The number of aliphatic hydroxyl groups is 1. The number of aliphatic hydroxyl groups excluding tert-OH is 1. The second-order valence-electron chi connectivity index (χ2n) is 2.77. The Morgan fingerprint density at radius 1 is 1.33 bits per heavy atom. The van der Waals surface area contributed by atoms with E-state index in [1.54, 1.807) is 0 Å². The summed E-state index contributed by atoms with van der Waals surface area (Å²) in [6, 6.07) is 0. The quantitative estimate of drug-likeness (QED) is 0.727. The molecule has 1 fully saturated rings. The molecule has 0 aromatic rings. The average molecular weight is 335 g/mol. The predicted octanol–water partition coefficient (Wildman–Crippen LogP) is 1.95. The summed E-state index contributed by atoms with van der Waals surface area (Å²) in [6.45, 7) is 0. The van der Waals surface area contributed by atoms with Gasteiger partial charge in [0.15, 0.2) is 0 Å². The number of halogens is 1.